The van der Waals surface area contributed by atoms with Crippen LogP contribution in [0.25, 0.3) is 10.9 Å². The van der Waals surface area contributed by atoms with Crippen LogP contribution in [0.15, 0.2) is 36.2 Å². The number of nitrogens with zero attached hydrogens (tertiary/aromatic N) is 2. The number of benzene rings is 1. The van der Waals surface area contributed by atoms with Crippen molar-refractivity contribution in [3.8, 4) is 0 Å². The summed E-state index contributed by atoms with van der Waals surface area (Å²) in [6.45, 7) is 2.45. The van der Waals surface area contributed by atoms with Gasteiger partial charge >= 0.3 is 5.88 Å². The number of rotatable bonds is 8. The number of amides is 1. The van der Waals surface area contributed by atoms with Gasteiger partial charge in [0.25, 0.3) is 5.91 Å². The van der Waals surface area contributed by atoms with Gasteiger partial charge in [-0.25, -0.2) is 9.37 Å². The van der Waals surface area contributed by atoms with Crippen LogP contribution in [0, 0.1) is 5.82 Å². The topological polar surface area (TPSA) is 92.9 Å². The molecule has 172 valence electrons. The van der Waals surface area contributed by atoms with Gasteiger partial charge in [0, 0.05) is 29.2 Å². The van der Waals surface area contributed by atoms with Gasteiger partial charge < -0.3 is 19.9 Å². The number of fused-ring (bicyclic) bond motifs is 1. The third-order valence-electron chi connectivity index (χ3n) is 5.33. The fourth-order valence-corrected chi connectivity index (χ4v) is 3.67. The van der Waals surface area contributed by atoms with E-state index in [-0.39, 0.29) is 17.8 Å². The number of halogens is 1. The molecule has 1 aliphatic rings. The second-order valence-electron chi connectivity index (χ2n) is 7.37. The van der Waals surface area contributed by atoms with Crippen LogP contribution >= 0.6 is 0 Å². The number of para-hydroxylation sites is 1. The minimum Gasteiger partial charge on any atom is -0.445 e. The molecule has 0 bridgehead atoms. The molecular formula is C23H29FN3O5+. The molecule has 32 heavy (non-hydrogen) atoms. The quantitative estimate of drug-likeness (QED) is 0.280. The summed E-state index contributed by atoms with van der Waals surface area (Å²) in [5, 5.41) is 13.5. The number of hydroxylamine groups is 1. The van der Waals surface area contributed by atoms with E-state index in [0.29, 0.717) is 37.1 Å². The van der Waals surface area contributed by atoms with Gasteiger partial charge in [-0.2, -0.15) is 0 Å². The number of carbonyl (C=O) groups is 1. The molecule has 0 radical (unpaired) electrons. The molecular weight excluding hydrogens is 417 g/mol. The number of hydrogen-bond acceptors (Lipinski definition) is 6. The van der Waals surface area contributed by atoms with Crippen molar-refractivity contribution < 1.29 is 33.3 Å². The second kappa shape index (κ2) is 11.0. The number of nitrogens with one attached hydrogen (secondary N) is 1. The average Bonchev–Trinajstić information content (AvgIpc) is 2.80. The van der Waals surface area contributed by atoms with Crippen molar-refractivity contribution in [2.24, 2.45) is 0 Å². The Balaban J connectivity index is 1.88. The van der Waals surface area contributed by atoms with E-state index < -0.39 is 23.9 Å². The number of allylic oxidation sites excluding steroid dienone is 1. The molecule has 0 saturated carbocycles. The van der Waals surface area contributed by atoms with Crippen molar-refractivity contribution in [1.82, 2.24) is 10.3 Å². The van der Waals surface area contributed by atoms with E-state index in [9.17, 15) is 14.3 Å². The van der Waals surface area contributed by atoms with E-state index in [0.717, 1.165) is 5.56 Å². The molecule has 9 heteroatoms. The first-order valence-electron chi connectivity index (χ1n) is 10.5. The number of aliphatic hydroxyl groups is 1. The van der Waals surface area contributed by atoms with Gasteiger partial charge in [-0.05, 0) is 37.5 Å². The van der Waals surface area contributed by atoms with Crippen molar-refractivity contribution in [1.29, 1.82) is 0 Å². The molecule has 1 amide bonds. The summed E-state index contributed by atoms with van der Waals surface area (Å²) in [5.41, 5.74) is 1.02. The molecule has 1 aromatic heterocycles. The van der Waals surface area contributed by atoms with Crippen LogP contribution in [-0.2, 0) is 20.7 Å². The predicted octanol–water partition coefficient (Wildman–Crippen LogP) is 2.34. The summed E-state index contributed by atoms with van der Waals surface area (Å²) in [6.07, 6.45) is 4.34. The van der Waals surface area contributed by atoms with Crippen molar-refractivity contribution in [3.63, 3.8) is 0 Å². The molecule has 2 heterocycles. The smallest absolute Gasteiger partial charge is 0.411 e. The number of hydrogen-bond donors (Lipinski definition) is 2. The lowest BCUT2D eigenvalue weighted by molar-refractivity contribution is -0.758. The molecule has 2 atom stereocenters. The van der Waals surface area contributed by atoms with Gasteiger partial charge in [-0.3, -0.25) is 9.63 Å². The fraction of sp³-hybridized carbons (Fsp3) is 0.435. The van der Waals surface area contributed by atoms with Gasteiger partial charge in [0.15, 0.2) is 0 Å². The van der Waals surface area contributed by atoms with Crippen LogP contribution in [0.5, 0.6) is 0 Å². The molecule has 0 aliphatic carbocycles. The lowest BCUT2D eigenvalue weighted by atomic mass is 10.0. The first-order chi connectivity index (χ1) is 15.5. The highest BCUT2D eigenvalue weighted by Gasteiger charge is 2.26. The molecule has 2 aromatic rings. The van der Waals surface area contributed by atoms with Gasteiger partial charge in [0.1, 0.15) is 24.1 Å². The van der Waals surface area contributed by atoms with Gasteiger partial charge in [-0.1, -0.05) is 12.1 Å². The zero-order valence-corrected chi connectivity index (χ0v) is 18.5. The number of pyridine rings is 1. The summed E-state index contributed by atoms with van der Waals surface area (Å²) in [7, 11) is 3.08. The molecule has 1 unspecified atom stereocenters. The maximum atomic E-state index is 14.5. The molecule has 8 nitrogen and oxygen atoms in total. The summed E-state index contributed by atoms with van der Waals surface area (Å²) in [6, 6.07) is 5.95. The van der Waals surface area contributed by atoms with Crippen molar-refractivity contribution in [3.05, 3.63) is 53.3 Å². The maximum absolute atomic E-state index is 14.5. The Labute approximate surface area is 186 Å². The van der Waals surface area contributed by atoms with Crippen molar-refractivity contribution in [2.75, 3.05) is 27.4 Å². The molecule has 1 aromatic carbocycles. The van der Waals surface area contributed by atoms with Crippen LogP contribution in [0.3, 0.4) is 0 Å². The minimum absolute atomic E-state index is 0.103. The predicted molar refractivity (Wildman–Crippen MR) is 117 cm³/mol. The van der Waals surface area contributed by atoms with E-state index in [1.807, 2.05) is 13.1 Å². The second-order valence-corrected chi connectivity index (χ2v) is 7.37. The van der Waals surface area contributed by atoms with E-state index in [2.05, 4.69) is 10.3 Å². The molecule has 1 saturated heterocycles. The standard InChI is InChI=1S/C23H28FN3O5/c1-4-21(30-2)27(31-3)11-6-7-15-13-19(25-22-16(15)8-5-9-17(22)24)23(29)26-18-10-12-32-14-20(18)28/h4-5,8-9,11,13,18,20,28H,6-7,10,12,14H2,1-3H3/p+1/b21-4+,27-11+/t18-,20?/m0/s1. The summed E-state index contributed by atoms with van der Waals surface area (Å²) >= 11 is 0. The van der Waals surface area contributed by atoms with E-state index in [1.54, 1.807) is 31.4 Å². The van der Waals surface area contributed by atoms with Crippen LogP contribution in [0.4, 0.5) is 4.39 Å². The zero-order chi connectivity index (χ0) is 23.1. The highest BCUT2D eigenvalue weighted by molar-refractivity contribution is 5.96. The third kappa shape index (κ3) is 5.41. The number of methoxy groups -OCH3 is 1. The molecule has 1 fully saturated rings. The Hall–Kier alpha value is -3.04. The van der Waals surface area contributed by atoms with Crippen molar-refractivity contribution in [2.45, 2.75) is 38.3 Å². The van der Waals surface area contributed by atoms with E-state index in [1.165, 1.54) is 17.9 Å². The number of ether oxygens (including phenoxy) is 2. The monoisotopic (exact) mass is 446 g/mol. The third-order valence-corrected chi connectivity index (χ3v) is 5.33. The Morgan fingerprint density at radius 2 is 2.25 bits per heavy atom. The largest absolute Gasteiger partial charge is 0.445 e. The highest BCUT2D eigenvalue weighted by Crippen LogP contribution is 2.22. The molecule has 2 N–H and O–H groups in total. The first-order valence-corrected chi connectivity index (χ1v) is 10.5. The summed E-state index contributed by atoms with van der Waals surface area (Å²) < 4.78 is 26.5. The molecule has 0 spiro atoms. The summed E-state index contributed by atoms with van der Waals surface area (Å²) in [5.74, 6) is -0.420. The Bertz CT molecular complexity index is 1020. The first kappa shape index (κ1) is 23.6. The average molecular weight is 446 g/mol. The summed E-state index contributed by atoms with van der Waals surface area (Å²) in [4.78, 5) is 22.4. The Morgan fingerprint density at radius 3 is 2.94 bits per heavy atom. The Morgan fingerprint density at radius 1 is 1.44 bits per heavy atom. The minimum atomic E-state index is -0.791. The fourth-order valence-electron chi connectivity index (χ4n) is 3.67. The number of aryl methyl sites for hydroxylation is 1. The van der Waals surface area contributed by atoms with E-state index in [4.69, 9.17) is 14.3 Å². The van der Waals surface area contributed by atoms with Crippen LogP contribution in [0.1, 0.15) is 35.8 Å². The lowest BCUT2D eigenvalue weighted by Gasteiger charge is -2.28. The molecule has 1 aliphatic heterocycles. The molecule has 3 rings (SSSR count). The lowest BCUT2D eigenvalue weighted by Crippen LogP contribution is -2.48. The van der Waals surface area contributed by atoms with Gasteiger partial charge in [0.2, 0.25) is 6.21 Å². The van der Waals surface area contributed by atoms with Crippen LogP contribution in [0.2, 0.25) is 0 Å². The zero-order valence-electron chi connectivity index (χ0n) is 18.5. The van der Waals surface area contributed by atoms with Crippen molar-refractivity contribution >= 4 is 23.0 Å². The number of carbonyl (C=O) groups excluding carboxylic acids is 1. The van der Waals surface area contributed by atoms with Gasteiger partial charge in [0.05, 0.1) is 25.9 Å². The van der Waals surface area contributed by atoms with E-state index >= 15 is 0 Å². The number of aliphatic hydroxyl groups excluding tert-OH is 1. The highest BCUT2D eigenvalue weighted by atomic mass is 19.1. The van der Waals surface area contributed by atoms with Gasteiger partial charge in [-0.15, -0.1) is 0 Å². The van der Waals surface area contributed by atoms with Crippen LogP contribution in [-0.4, -0.2) is 66.5 Å². The van der Waals surface area contributed by atoms with Crippen LogP contribution < -0.4 is 5.32 Å². The number of aromatic nitrogens is 1. The maximum Gasteiger partial charge on any atom is 0.411 e. The Kier molecular flexibility index (Phi) is 8.13. The normalized spacial score (nSPS) is 19.7. The SMILES string of the molecule is C/C=C(OC)\[N+](=C/CCc1cc(C(=O)N[C@H]2CCOCC2O)nc2c(F)cccc12)OC.